The maximum Gasteiger partial charge on any atom is 0.161 e. The van der Waals surface area contributed by atoms with E-state index in [0.29, 0.717) is 5.82 Å². The second kappa shape index (κ2) is 12.3. The summed E-state index contributed by atoms with van der Waals surface area (Å²) in [5.41, 5.74) is 10.5. The Morgan fingerprint density at radius 2 is 1.08 bits per heavy atom. The monoisotopic (exact) mass is 628 g/mol. The van der Waals surface area contributed by atoms with E-state index < -0.39 is 0 Å². The van der Waals surface area contributed by atoms with Crippen LogP contribution in [0, 0.1) is 0 Å². The molecule has 49 heavy (non-hydrogen) atoms. The van der Waals surface area contributed by atoms with Crippen LogP contribution in [0.4, 0.5) is 0 Å². The number of hydrogen-bond acceptors (Lipinski definition) is 3. The van der Waals surface area contributed by atoms with Gasteiger partial charge < -0.3 is 4.57 Å². The van der Waals surface area contributed by atoms with Gasteiger partial charge in [-0.05, 0) is 52.6 Å². The fourth-order valence-corrected chi connectivity index (χ4v) is 6.97. The van der Waals surface area contributed by atoms with E-state index in [9.17, 15) is 0 Å². The van der Waals surface area contributed by atoms with Gasteiger partial charge in [0.2, 0.25) is 0 Å². The van der Waals surface area contributed by atoms with E-state index in [0.717, 1.165) is 73.3 Å². The van der Waals surface area contributed by atoms with Crippen molar-refractivity contribution in [1.29, 1.82) is 0 Å². The molecule has 6 aromatic carbocycles. The Morgan fingerprint density at radius 1 is 0.490 bits per heavy atom. The summed E-state index contributed by atoms with van der Waals surface area (Å²) in [7, 11) is 0. The molecule has 0 N–H and O–H groups in total. The van der Waals surface area contributed by atoms with Crippen LogP contribution in [0.2, 0.25) is 0 Å². The van der Waals surface area contributed by atoms with Gasteiger partial charge in [0.15, 0.2) is 5.82 Å². The molecule has 0 saturated heterocycles. The first-order chi connectivity index (χ1) is 24.3. The normalized spacial score (nSPS) is 14.1. The molecule has 2 heterocycles. The molecule has 0 fully saturated rings. The Bertz CT molecular complexity index is 2450. The van der Waals surface area contributed by atoms with Gasteiger partial charge in [-0.15, -0.1) is 0 Å². The molecule has 0 spiro atoms. The van der Waals surface area contributed by atoms with Crippen LogP contribution in [0.3, 0.4) is 0 Å². The summed E-state index contributed by atoms with van der Waals surface area (Å²) in [4.78, 5) is 15.4. The molecule has 1 atom stereocenters. The van der Waals surface area contributed by atoms with Crippen LogP contribution in [0.15, 0.2) is 176 Å². The molecular formula is C45H32N4. The van der Waals surface area contributed by atoms with Gasteiger partial charge in [0, 0.05) is 22.3 Å². The summed E-state index contributed by atoms with van der Waals surface area (Å²) in [6.45, 7) is 0. The highest BCUT2D eigenvalue weighted by molar-refractivity contribution is 6.04. The number of hydrogen-bond donors (Lipinski definition) is 0. The molecule has 1 aliphatic carbocycles. The minimum atomic E-state index is 0.230. The van der Waals surface area contributed by atoms with Crippen molar-refractivity contribution in [3.05, 3.63) is 176 Å². The fourth-order valence-electron chi connectivity index (χ4n) is 6.97. The van der Waals surface area contributed by atoms with Gasteiger partial charge >= 0.3 is 0 Å². The quantitative estimate of drug-likeness (QED) is 0.184. The molecular weight excluding hydrogens is 597 g/mol. The van der Waals surface area contributed by atoms with E-state index in [1.165, 1.54) is 5.56 Å². The number of imidazole rings is 1. The average molecular weight is 629 g/mol. The first-order valence-corrected chi connectivity index (χ1v) is 16.7. The van der Waals surface area contributed by atoms with Crippen LogP contribution < -0.4 is 0 Å². The lowest BCUT2D eigenvalue weighted by Gasteiger charge is -2.19. The highest BCUT2D eigenvalue weighted by Gasteiger charge is 2.20. The lowest BCUT2D eigenvalue weighted by molar-refractivity contribution is 0.631. The Hall–Kier alpha value is -6.39. The maximum absolute atomic E-state index is 5.13. The van der Waals surface area contributed by atoms with Gasteiger partial charge in [0.1, 0.15) is 5.82 Å². The third-order valence-corrected chi connectivity index (χ3v) is 9.37. The molecule has 2 aromatic heterocycles. The van der Waals surface area contributed by atoms with Gasteiger partial charge in [-0.1, -0.05) is 152 Å². The van der Waals surface area contributed by atoms with Crippen molar-refractivity contribution >= 4 is 21.8 Å². The Kier molecular flexibility index (Phi) is 7.25. The van der Waals surface area contributed by atoms with Crippen molar-refractivity contribution in [3.63, 3.8) is 0 Å². The number of rotatable bonds is 6. The van der Waals surface area contributed by atoms with Crippen LogP contribution in [-0.2, 0) is 0 Å². The summed E-state index contributed by atoms with van der Waals surface area (Å²) in [6, 6.07) is 53.2. The number of benzene rings is 6. The Balaban J connectivity index is 1.14. The minimum Gasteiger partial charge on any atom is -0.317 e. The van der Waals surface area contributed by atoms with Crippen molar-refractivity contribution in [3.8, 4) is 56.4 Å². The molecule has 8 aromatic rings. The van der Waals surface area contributed by atoms with Crippen LogP contribution in [-0.4, -0.2) is 19.5 Å². The zero-order valence-electron chi connectivity index (χ0n) is 26.8. The van der Waals surface area contributed by atoms with Gasteiger partial charge in [-0.2, -0.15) is 0 Å². The van der Waals surface area contributed by atoms with E-state index >= 15 is 0 Å². The minimum absolute atomic E-state index is 0.230. The highest BCUT2D eigenvalue weighted by atomic mass is 15.1. The number of allylic oxidation sites excluding steroid dienone is 4. The molecule has 0 radical (unpaired) electrons. The first-order valence-electron chi connectivity index (χ1n) is 16.7. The van der Waals surface area contributed by atoms with Crippen molar-refractivity contribution < 1.29 is 0 Å². The summed E-state index contributed by atoms with van der Waals surface area (Å²) >= 11 is 0. The fraction of sp³-hybridized carbons (Fsp3) is 0.0444. The number of fused-ring (bicyclic) bond motifs is 2. The first kappa shape index (κ1) is 28.8. The van der Waals surface area contributed by atoms with Crippen LogP contribution >= 0.6 is 0 Å². The molecule has 9 rings (SSSR count). The van der Waals surface area contributed by atoms with E-state index in [-0.39, 0.29) is 6.04 Å². The molecule has 0 amide bonds. The van der Waals surface area contributed by atoms with Crippen molar-refractivity contribution in [2.75, 3.05) is 0 Å². The summed E-state index contributed by atoms with van der Waals surface area (Å²) < 4.78 is 2.38. The van der Waals surface area contributed by atoms with Gasteiger partial charge in [0.25, 0.3) is 0 Å². The maximum atomic E-state index is 5.13. The van der Waals surface area contributed by atoms with Crippen LogP contribution in [0.5, 0.6) is 0 Å². The summed E-state index contributed by atoms with van der Waals surface area (Å²) in [5, 5.41) is 2.28. The highest BCUT2D eigenvalue weighted by Crippen LogP contribution is 2.38. The second-order valence-electron chi connectivity index (χ2n) is 12.4. The SMILES string of the molecule is C1=CCC(n2c(-c3ccc(-c4ccc(-c5nc(-c6ccccc6)cc(-c6ccccc6)n5)c5ccccc45)cc3)nc3ccccc32)C=C1. The number of nitrogens with zero attached hydrogens (tertiary/aromatic N) is 4. The standard InChI is InChI=1S/C45H32N4/c1-4-14-32(15-5-1)41-30-42(33-16-6-2-7-17-33)47-44(46-41)39-29-28-36(37-20-10-11-21-38(37)39)31-24-26-34(27-25-31)45-48-40-22-12-13-23-43(40)49(45)35-18-8-3-9-19-35/h1-18,20-30,35H,19H2. The van der Waals surface area contributed by atoms with Crippen LogP contribution in [0.1, 0.15) is 12.5 Å². The zero-order valence-corrected chi connectivity index (χ0v) is 26.8. The third-order valence-electron chi connectivity index (χ3n) is 9.37. The molecule has 0 bridgehead atoms. The molecule has 1 unspecified atom stereocenters. The lowest BCUT2D eigenvalue weighted by atomic mass is 9.94. The molecule has 0 aliphatic heterocycles. The summed E-state index contributed by atoms with van der Waals surface area (Å²) in [5.74, 6) is 1.70. The number of aromatic nitrogens is 4. The van der Waals surface area contributed by atoms with Crippen molar-refractivity contribution in [2.45, 2.75) is 12.5 Å². The Morgan fingerprint density at radius 3 is 1.76 bits per heavy atom. The predicted octanol–water partition coefficient (Wildman–Crippen LogP) is 11.4. The van der Waals surface area contributed by atoms with E-state index in [1.54, 1.807) is 0 Å². The van der Waals surface area contributed by atoms with Crippen molar-refractivity contribution in [1.82, 2.24) is 19.5 Å². The number of para-hydroxylation sites is 2. The molecule has 232 valence electrons. The Labute approximate surface area is 285 Å². The summed E-state index contributed by atoms with van der Waals surface area (Å²) in [6.07, 6.45) is 9.70. The average Bonchev–Trinajstić information content (AvgIpc) is 3.58. The van der Waals surface area contributed by atoms with Gasteiger partial charge in [-0.25, -0.2) is 15.0 Å². The van der Waals surface area contributed by atoms with Crippen molar-refractivity contribution in [2.24, 2.45) is 0 Å². The third kappa shape index (κ3) is 5.34. The van der Waals surface area contributed by atoms with E-state index in [4.69, 9.17) is 15.0 Å². The largest absolute Gasteiger partial charge is 0.317 e. The predicted molar refractivity (Wildman–Crippen MR) is 202 cm³/mol. The molecule has 4 heteroatoms. The molecule has 1 aliphatic rings. The smallest absolute Gasteiger partial charge is 0.161 e. The second-order valence-corrected chi connectivity index (χ2v) is 12.4. The van der Waals surface area contributed by atoms with E-state index in [1.807, 2.05) is 12.1 Å². The van der Waals surface area contributed by atoms with Gasteiger partial charge in [0.05, 0.1) is 28.5 Å². The van der Waals surface area contributed by atoms with Crippen LogP contribution in [0.25, 0.3) is 78.2 Å². The zero-order chi connectivity index (χ0) is 32.6. The lowest BCUT2D eigenvalue weighted by Crippen LogP contribution is -2.08. The molecule has 4 nitrogen and oxygen atoms in total. The van der Waals surface area contributed by atoms with Gasteiger partial charge in [-0.3, -0.25) is 0 Å². The van der Waals surface area contributed by atoms with E-state index in [2.05, 4.69) is 168 Å². The topological polar surface area (TPSA) is 43.6 Å². The molecule has 0 saturated carbocycles.